The molecule has 2 aromatic heterocycles. The molecule has 0 fully saturated rings. The lowest BCUT2D eigenvalue weighted by Crippen LogP contribution is -2.40. The zero-order valence-electron chi connectivity index (χ0n) is 12.4. The number of fused-ring (bicyclic) bond motifs is 1. The van der Waals surface area contributed by atoms with Gasteiger partial charge in [0.2, 0.25) is 0 Å². The molecule has 0 spiro atoms. The zero-order chi connectivity index (χ0) is 15.8. The molecule has 2 aromatic rings. The van der Waals surface area contributed by atoms with Gasteiger partial charge in [0.15, 0.2) is 15.1 Å². The number of hydrogen-bond donors (Lipinski definition) is 1. The molecule has 0 unspecified atom stereocenters. The average molecular weight is 351 g/mol. The number of thiazole rings is 1. The number of rotatable bonds is 6. The largest absolute Gasteiger partial charge is 0.309 e. The minimum absolute atomic E-state index is 0.000217. The van der Waals surface area contributed by atoms with Gasteiger partial charge in [0.1, 0.15) is 0 Å². The molecule has 1 N–H and O–H groups in total. The number of aromatic nitrogens is 2. The van der Waals surface area contributed by atoms with Gasteiger partial charge in [-0.15, -0.1) is 11.3 Å². The second-order valence-corrected chi connectivity index (χ2v) is 8.90. The summed E-state index contributed by atoms with van der Waals surface area (Å²) in [6.45, 7) is 5.10. The molecule has 6 nitrogen and oxygen atoms in total. The van der Waals surface area contributed by atoms with Crippen LogP contribution in [-0.2, 0) is 10.0 Å². The Morgan fingerprint density at radius 2 is 2.14 bits per heavy atom. The van der Waals surface area contributed by atoms with Crippen LogP contribution in [-0.4, -0.2) is 49.9 Å². The van der Waals surface area contributed by atoms with Crippen LogP contribution in [0.1, 0.15) is 13.8 Å². The monoisotopic (exact) mass is 350 g/mol. The molecule has 0 radical (unpaired) electrons. The molecule has 0 bridgehead atoms. The summed E-state index contributed by atoms with van der Waals surface area (Å²) in [5.74, 6) is 0. The SMILES string of the molecule is CN(C)CC(C)(C)CNS(=O)(=O)c1c(Cl)nc2sccn12. The van der Waals surface area contributed by atoms with Crippen molar-refractivity contribution in [1.82, 2.24) is 19.0 Å². The van der Waals surface area contributed by atoms with Gasteiger partial charge in [-0.05, 0) is 19.5 Å². The van der Waals surface area contributed by atoms with E-state index >= 15 is 0 Å². The summed E-state index contributed by atoms with van der Waals surface area (Å²) in [5, 5.41) is 1.77. The van der Waals surface area contributed by atoms with Gasteiger partial charge in [0.25, 0.3) is 10.0 Å². The lowest BCUT2D eigenvalue weighted by atomic mass is 9.93. The van der Waals surface area contributed by atoms with Crippen molar-refractivity contribution in [2.45, 2.75) is 18.9 Å². The van der Waals surface area contributed by atoms with E-state index in [-0.39, 0.29) is 15.6 Å². The van der Waals surface area contributed by atoms with E-state index in [1.54, 1.807) is 11.6 Å². The maximum absolute atomic E-state index is 12.5. The van der Waals surface area contributed by atoms with Crippen LogP contribution in [0, 0.1) is 5.41 Å². The first-order chi connectivity index (χ1) is 9.62. The Bertz CT molecular complexity index is 734. The highest BCUT2D eigenvalue weighted by Crippen LogP contribution is 2.25. The first kappa shape index (κ1) is 16.7. The standard InChI is InChI=1S/C12H19ClN4O2S2/c1-12(2,8-16(3)4)7-14-21(18,19)10-9(13)15-11-17(10)5-6-20-11/h5-6,14H,7-8H2,1-4H3. The summed E-state index contributed by atoms with van der Waals surface area (Å²) in [7, 11) is 0.208. The molecule has 0 aromatic carbocycles. The molecule has 0 aliphatic carbocycles. The quantitative estimate of drug-likeness (QED) is 0.864. The third kappa shape index (κ3) is 3.75. The molecule has 118 valence electrons. The number of halogens is 1. The van der Waals surface area contributed by atoms with E-state index in [0.29, 0.717) is 11.5 Å². The molecule has 2 heterocycles. The highest BCUT2D eigenvalue weighted by molar-refractivity contribution is 7.89. The predicted molar refractivity (Wildman–Crippen MR) is 85.6 cm³/mol. The van der Waals surface area contributed by atoms with E-state index in [0.717, 1.165) is 6.54 Å². The van der Waals surface area contributed by atoms with Crippen LogP contribution in [0.2, 0.25) is 5.15 Å². The van der Waals surface area contributed by atoms with Crippen molar-refractivity contribution < 1.29 is 8.42 Å². The van der Waals surface area contributed by atoms with Crippen molar-refractivity contribution in [3.63, 3.8) is 0 Å². The fourth-order valence-corrected chi connectivity index (χ4v) is 4.94. The van der Waals surface area contributed by atoms with Gasteiger partial charge in [-0.2, -0.15) is 0 Å². The van der Waals surface area contributed by atoms with Crippen LogP contribution in [0.5, 0.6) is 0 Å². The molecule has 0 aliphatic heterocycles. The van der Waals surface area contributed by atoms with Crippen LogP contribution in [0.4, 0.5) is 0 Å². The van der Waals surface area contributed by atoms with Crippen LogP contribution in [0.25, 0.3) is 4.96 Å². The molecule has 2 rings (SSSR count). The molecular formula is C12H19ClN4O2S2. The minimum Gasteiger partial charge on any atom is -0.309 e. The Kier molecular flexibility index (Phi) is 4.65. The Morgan fingerprint density at radius 1 is 1.48 bits per heavy atom. The molecule has 0 aliphatic rings. The van der Waals surface area contributed by atoms with E-state index < -0.39 is 10.0 Å². The van der Waals surface area contributed by atoms with Crippen molar-refractivity contribution in [2.75, 3.05) is 27.2 Å². The summed E-state index contributed by atoms with van der Waals surface area (Å²) in [5.41, 5.74) is -0.193. The average Bonchev–Trinajstić information content (AvgIpc) is 2.84. The van der Waals surface area contributed by atoms with Gasteiger partial charge >= 0.3 is 0 Å². The van der Waals surface area contributed by atoms with Crippen LogP contribution >= 0.6 is 22.9 Å². The fourth-order valence-electron chi connectivity index (χ4n) is 2.25. The van der Waals surface area contributed by atoms with E-state index in [2.05, 4.69) is 9.71 Å². The maximum atomic E-state index is 12.5. The minimum atomic E-state index is -3.71. The molecule has 0 atom stereocenters. The van der Waals surface area contributed by atoms with Gasteiger partial charge in [-0.1, -0.05) is 25.4 Å². The number of sulfonamides is 1. The first-order valence-electron chi connectivity index (χ1n) is 6.38. The van der Waals surface area contributed by atoms with Gasteiger partial charge in [-0.3, -0.25) is 4.40 Å². The Balaban J connectivity index is 2.23. The molecular weight excluding hydrogens is 332 g/mol. The second-order valence-electron chi connectivity index (χ2n) is 5.99. The molecule has 9 heteroatoms. The molecule has 0 saturated heterocycles. The smallest absolute Gasteiger partial charge is 0.259 e. The summed E-state index contributed by atoms with van der Waals surface area (Å²) in [6.07, 6.45) is 1.65. The summed E-state index contributed by atoms with van der Waals surface area (Å²) < 4.78 is 29.1. The molecule has 0 saturated carbocycles. The third-order valence-electron chi connectivity index (χ3n) is 2.92. The lowest BCUT2D eigenvalue weighted by Gasteiger charge is -2.28. The Labute approximate surface area is 133 Å². The Hall–Kier alpha value is -0.670. The summed E-state index contributed by atoms with van der Waals surface area (Å²) >= 11 is 7.31. The van der Waals surface area contributed by atoms with Gasteiger partial charge in [-0.25, -0.2) is 18.1 Å². The van der Waals surface area contributed by atoms with Crippen LogP contribution in [0.15, 0.2) is 16.6 Å². The van der Waals surface area contributed by atoms with Crippen molar-refractivity contribution in [1.29, 1.82) is 0 Å². The van der Waals surface area contributed by atoms with Crippen molar-refractivity contribution >= 4 is 37.9 Å². The maximum Gasteiger partial charge on any atom is 0.259 e. The van der Waals surface area contributed by atoms with Crippen molar-refractivity contribution in [3.05, 3.63) is 16.7 Å². The topological polar surface area (TPSA) is 66.7 Å². The second kappa shape index (κ2) is 5.85. The fraction of sp³-hybridized carbons (Fsp3) is 0.583. The number of nitrogens with zero attached hydrogens (tertiary/aromatic N) is 3. The highest BCUT2D eigenvalue weighted by Gasteiger charge is 2.28. The number of nitrogens with one attached hydrogen (secondary N) is 1. The highest BCUT2D eigenvalue weighted by atomic mass is 35.5. The first-order valence-corrected chi connectivity index (χ1v) is 9.12. The van der Waals surface area contributed by atoms with E-state index in [4.69, 9.17) is 11.6 Å². The van der Waals surface area contributed by atoms with Crippen molar-refractivity contribution in [2.24, 2.45) is 5.41 Å². The summed E-state index contributed by atoms with van der Waals surface area (Å²) in [4.78, 5) is 6.64. The van der Waals surface area contributed by atoms with Gasteiger partial charge in [0.05, 0.1) is 0 Å². The van der Waals surface area contributed by atoms with Gasteiger partial charge in [0, 0.05) is 24.7 Å². The normalized spacial score (nSPS) is 13.4. The zero-order valence-corrected chi connectivity index (χ0v) is 14.8. The predicted octanol–water partition coefficient (Wildman–Crippen LogP) is 1.92. The number of hydrogen-bond acceptors (Lipinski definition) is 5. The van der Waals surface area contributed by atoms with E-state index in [9.17, 15) is 8.42 Å². The third-order valence-corrected chi connectivity index (χ3v) is 5.47. The van der Waals surface area contributed by atoms with Crippen molar-refractivity contribution in [3.8, 4) is 0 Å². The number of imidazole rings is 1. The van der Waals surface area contributed by atoms with E-state index in [1.165, 1.54) is 15.7 Å². The summed E-state index contributed by atoms with van der Waals surface area (Å²) in [6, 6.07) is 0. The molecule has 21 heavy (non-hydrogen) atoms. The van der Waals surface area contributed by atoms with E-state index in [1.807, 2.05) is 32.8 Å². The van der Waals surface area contributed by atoms with Crippen LogP contribution in [0.3, 0.4) is 0 Å². The Morgan fingerprint density at radius 3 is 2.76 bits per heavy atom. The van der Waals surface area contributed by atoms with Crippen LogP contribution < -0.4 is 4.72 Å². The molecule has 0 amide bonds. The van der Waals surface area contributed by atoms with Gasteiger partial charge < -0.3 is 4.90 Å². The lowest BCUT2D eigenvalue weighted by molar-refractivity contribution is 0.242.